The molecule has 0 aromatic heterocycles. The van der Waals surface area contributed by atoms with Crippen LogP contribution < -0.4 is 4.90 Å². The van der Waals surface area contributed by atoms with Crippen molar-refractivity contribution in [2.24, 2.45) is 0 Å². The lowest BCUT2D eigenvalue weighted by Crippen LogP contribution is -2.46. The summed E-state index contributed by atoms with van der Waals surface area (Å²) in [4.78, 5) is 27.3. The van der Waals surface area contributed by atoms with Gasteiger partial charge in [0.15, 0.2) is 0 Å². The van der Waals surface area contributed by atoms with Crippen LogP contribution in [0.1, 0.15) is 51.0 Å². The maximum atomic E-state index is 13.7. The summed E-state index contributed by atoms with van der Waals surface area (Å²) >= 11 is 0. The summed E-state index contributed by atoms with van der Waals surface area (Å²) in [7, 11) is 0. The van der Waals surface area contributed by atoms with Gasteiger partial charge in [-0.15, -0.1) is 0 Å². The van der Waals surface area contributed by atoms with Gasteiger partial charge in [0.2, 0.25) is 5.91 Å². The molecule has 6 nitrogen and oxygen atoms in total. The maximum Gasteiger partial charge on any atom is 0.326 e. The van der Waals surface area contributed by atoms with Crippen LogP contribution in [0, 0.1) is 0 Å². The van der Waals surface area contributed by atoms with Crippen molar-refractivity contribution in [2.75, 3.05) is 24.7 Å². The number of carbonyl (C=O) groups is 2. The molecule has 0 saturated carbocycles. The first kappa shape index (κ1) is 21.4. The predicted molar refractivity (Wildman–Crippen MR) is 118 cm³/mol. The van der Waals surface area contributed by atoms with E-state index in [0.29, 0.717) is 23.2 Å². The van der Waals surface area contributed by atoms with E-state index in [9.17, 15) is 19.8 Å². The molecule has 0 fully saturated rings. The van der Waals surface area contributed by atoms with E-state index in [-0.39, 0.29) is 18.9 Å². The van der Waals surface area contributed by atoms with Crippen molar-refractivity contribution in [2.45, 2.75) is 50.9 Å². The van der Waals surface area contributed by atoms with Crippen molar-refractivity contribution in [3.05, 3.63) is 64.5 Å². The molecule has 164 valence electrons. The maximum absolute atomic E-state index is 13.7. The Morgan fingerprint density at radius 2 is 1.97 bits per heavy atom. The van der Waals surface area contributed by atoms with E-state index >= 15 is 0 Å². The Hall–Kier alpha value is -2.86. The number of aliphatic hydroxyl groups is 2. The molecule has 1 amide bonds. The lowest BCUT2D eigenvalue weighted by atomic mass is 9.74. The Balaban J connectivity index is 1.79. The van der Waals surface area contributed by atoms with Crippen molar-refractivity contribution in [3.8, 4) is 0 Å². The highest BCUT2D eigenvalue weighted by Crippen LogP contribution is 2.49. The van der Waals surface area contributed by atoms with Gasteiger partial charge in [0, 0.05) is 11.3 Å². The number of esters is 1. The number of aliphatic hydroxyl groups excluding tert-OH is 2. The van der Waals surface area contributed by atoms with E-state index in [1.54, 1.807) is 37.3 Å². The number of fused-ring (bicyclic) bond motifs is 1. The first-order valence-electron chi connectivity index (χ1n) is 11.0. The van der Waals surface area contributed by atoms with Gasteiger partial charge in [0.25, 0.3) is 0 Å². The molecule has 2 N–H and O–H groups in total. The largest absolute Gasteiger partial charge is 0.508 e. The summed E-state index contributed by atoms with van der Waals surface area (Å²) in [6, 6.07) is 7.13. The topological polar surface area (TPSA) is 87.1 Å². The minimum atomic E-state index is -1.45. The lowest BCUT2D eigenvalue weighted by molar-refractivity contribution is -0.142. The van der Waals surface area contributed by atoms with Crippen molar-refractivity contribution in [1.82, 2.24) is 0 Å². The fraction of sp³-hybridized carbons (Fsp3) is 0.440. The molecule has 2 aliphatic carbocycles. The van der Waals surface area contributed by atoms with Crippen LogP contribution in [0.3, 0.4) is 0 Å². The van der Waals surface area contributed by atoms with E-state index in [1.165, 1.54) is 16.9 Å². The number of benzene rings is 1. The van der Waals surface area contributed by atoms with Crippen LogP contribution in [0.2, 0.25) is 0 Å². The van der Waals surface area contributed by atoms with Gasteiger partial charge in [0.05, 0.1) is 13.2 Å². The van der Waals surface area contributed by atoms with Gasteiger partial charge >= 0.3 is 5.97 Å². The second-order valence-electron chi connectivity index (χ2n) is 8.32. The van der Waals surface area contributed by atoms with Gasteiger partial charge in [0.1, 0.15) is 17.7 Å². The zero-order chi connectivity index (χ0) is 22.0. The molecular formula is C25H29NO5. The van der Waals surface area contributed by atoms with Gasteiger partial charge in [-0.25, -0.2) is 0 Å². The third-order valence-corrected chi connectivity index (χ3v) is 6.57. The summed E-state index contributed by atoms with van der Waals surface area (Å²) < 4.78 is 5.05. The first-order valence-corrected chi connectivity index (χ1v) is 11.0. The van der Waals surface area contributed by atoms with Crippen molar-refractivity contribution < 1.29 is 24.5 Å². The van der Waals surface area contributed by atoms with Gasteiger partial charge in [-0.1, -0.05) is 36.3 Å². The minimum absolute atomic E-state index is 0.0158. The molecule has 1 aliphatic heterocycles. The average Bonchev–Trinajstić information content (AvgIpc) is 2.93. The summed E-state index contributed by atoms with van der Waals surface area (Å²) in [5.74, 6) is -0.919. The van der Waals surface area contributed by atoms with E-state index < -0.39 is 23.9 Å². The van der Waals surface area contributed by atoms with Crippen LogP contribution in [0.25, 0.3) is 0 Å². The Bertz CT molecular complexity index is 989. The van der Waals surface area contributed by atoms with Gasteiger partial charge in [-0.05, 0) is 62.3 Å². The number of anilines is 1. The molecule has 31 heavy (non-hydrogen) atoms. The molecule has 1 aromatic carbocycles. The number of nitrogens with zero attached hydrogens (tertiary/aromatic N) is 1. The Kier molecular flexibility index (Phi) is 6.01. The molecule has 1 aromatic rings. The predicted octanol–water partition coefficient (Wildman–Crippen LogP) is 3.86. The number of carbonyl (C=O) groups excluding carboxylic acids is 2. The van der Waals surface area contributed by atoms with Gasteiger partial charge in [-0.3, -0.25) is 14.5 Å². The molecule has 0 radical (unpaired) electrons. The fourth-order valence-corrected chi connectivity index (χ4v) is 5.06. The summed E-state index contributed by atoms with van der Waals surface area (Å²) in [5.41, 5.74) is 2.53. The zero-order valence-corrected chi connectivity index (χ0v) is 17.9. The quantitative estimate of drug-likeness (QED) is 0.703. The molecule has 0 spiro atoms. The van der Waals surface area contributed by atoms with Crippen LogP contribution in [-0.4, -0.2) is 41.8 Å². The number of allylic oxidation sites excluding steroid dienone is 5. The van der Waals surface area contributed by atoms with E-state index in [1.807, 2.05) is 6.08 Å². The second-order valence-corrected chi connectivity index (χ2v) is 8.32. The van der Waals surface area contributed by atoms with Crippen molar-refractivity contribution in [3.63, 3.8) is 0 Å². The number of hydrogen-bond acceptors (Lipinski definition) is 5. The van der Waals surface area contributed by atoms with E-state index in [0.717, 1.165) is 31.3 Å². The third-order valence-electron chi connectivity index (χ3n) is 6.57. The van der Waals surface area contributed by atoms with Crippen LogP contribution >= 0.6 is 0 Å². The normalized spacial score (nSPS) is 23.4. The van der Waals surface area contributed by atoms with E-state index in [4.69, 9.17) is 4.74 Å². The standard InChI is InChI=1S/C25H29NO5/c1-2-31-23(29)15-26-21-11-7-6-10-19(21)25(16-27,24(26)30)20-13-12-17-8-4-3-5-9-18(17)14-22(20)28/h6-7,10-11,13-14,27-28H,2-5,8-9,12,15-16H2,1H3. The molecule has 1 unspecified atom stereocenters. The van der Waals surface area contributed by atoms with E-state index in [2.05, 4.69) is 0 Å². The highest BCUT2D eigenvalue weighted by atomic mass is 16.5. The summed E-state index contributed by atoms with van der Waals surface area (Å²) in [5, 5.41) is 21.7. The number of rotatable bonds is 5. The monoisotopic (exact) mass is 423 g/mol. The number of hydrogen-bond donors (Lipinski definition) is 2. The molecule has 6 heteroatoms. The van der Waals surface area contributed by atoms with Gasteiger partial charge < -0.3 is 14.9 Å². The van der Waals surface area contributed by atoms with Crippen LogP contribution in [0.15, 0.2) is 58.9 Å². The molecule has 0 saturated heterocycles. The van der Waals surface area contributed by atoms with Crippen LogP contribution in [0.5, 0.6) is 0 Å². The Morgan fingerprint density at radius 3 is 2.74 bits per heavy atom. The lowest BCUT2D eigenvalue weighted by Gasteiger charge is -2.29. The minimum Gasteiger partial charge on any atom is -0.508 e. The zero-order valence-electron chi connectivity index (χ0n) is 17.9. The smallest absolute Gasteiger partial charge is 0.326 e. The number of para-hydroxylation sites is 1. The SMILES string of the molecule is CCOC(=O)CN1C(=O)C(CO)(C2=CCC3=C(C=C2O)CCCCC3)c2ccccc21. The van der Waals surface area contributed by atoms with Crippen molar-refractivity contribution >= 4 is 17.6 Å². The fourth-order valence-electron chi connectivity index (χ4n) is 5.06. The summed E-state index contributed by atoms with van der Waals surface area (Å²) in [6.45, 7) is 1.19. The molecule has 1 atom stereocenters. The Labute approximate surface area is 182 Å². The molecule has 1 heterocycles. The first-order chi connectivity index (χ1) is 15.0. The number of amides is 1. The van der Waals surface area contributed by atoms with Crippen LogP contribution in [0.4, 0.5) is 5.69 Å². The van der Waals surface area contributed by atoms with Crippen molar-refractivity contribution in [1.29, 1.82) is 0 Å². The molecule has 3 aliphatic rings. The third kappa shape index (κ3) is 3.59. The molecular weight excluding hydrogens is 394 g/mol. The number of ether oxygens (including phenoxy) is 1. The summed E-state index contributed by atoms with van der Waals surface area (Å²) in [6.07, 6.45) is 9.57. The highest BCUT2D eigenvalue weighted by Gasteiger charge is 2.54. The van der Waals surface area contributed by atoms with Crippen LogP contribution in [-0.2, 0) is 19.7 Å². The molecule has 4 rings (SSSR count). The Morgan fingerprint density at radius 1 is 1.19 bits per heavy atom. The second kappa shape index (κ2) is 8.71. The average molecular weight is 424 g/mol. The van der Waals surface area contributed by atoms with Gasteiger partial charge in [-0.2, -0.15) is 0 Å². The molecule has 0 bridgehead atoms. The highest BCUT2D eigenvalue weighted by molar-refractivity contribution is 6.13.